The van der Waals surface area contributed by atoms with Gasteiger partial charge in [-0.25, -0.2) is 4.98 Å². The molecular weight excluding hydrogens is 452 g/mol. The van der Waals surface area contributed by atoms with Gasteiger partial charge in [-0.05, 0) is 36.8 Å². The van der Waals surface area contributed by atoms with Gasteiger partial charge >= 0.3 is 0 Å². The third-order valence-electron chi connectivity index (χ3n) is 4.45. The Bertz CT molecular complexity index is 1090. The zero-order valence-electron chi connectivity index (χ0n) is 15.3. The van der Waals surface area contributed by atoms with Crippen LogP contribution in [0.3, 0.4) is 0 Å². The highest BCUT2D eigenvalue weighted by Gasteiger charge is 2.16. The van der Waals surface area contributed by atoms with E-state index < -0.39 is 0 Å². The molecule has 0 aliphatic rings. The second-order valence-electron chi connectivity index (χ2n) is 6.49. The van der Waals surface area contributed by atoms with Gasteiger partial charge in [0.1, 0.15) is 0 Å². The van der Waals surface area contributed by atoms with E-state index in [1.807, 2.05) is 42.6 Å². The summed E-state index contributed by atoms with van der Waals surface area (Å²) in [6, 6.07) is 24.8. The molecule has 0 bridgehead atoms. The first-order valence-electron chi connectivity index (χ1n) is 8.89. The molecule has 1 aromatic heterocycles. The van der Waals surface area contributed by atoms with Crippen molar-refractivity contribution in [2.24, 2.45) is 0 Å². The van der Waals surface area contributed by atoms with Crippen LogP contribution in [-0.2, 0) is 5.75 Å². The normalized spacial score (nSPS) is 11.0. The number of para-hydroxylation sites is 1. The minimum Gasteiger partial charge on any atom is -0.286 e. The van der Waals surface area contributed by atoms with Gasteiger partial charge in [-0.1, -0.05) is 93.4 Å². The number of aromatic nitrogens is 2. The molecule has 28 heavy (non-hydrogen) atoms. The molecule has 0 aliphatic heterocycles. The molecule has 0 amide bonds. The van der Waals surface area contributed by atoms with Crippen LogP contribution in [0.1, 0.15) is 11.1 Å². The summed E-state index contributed by atoms with van der Waals surface area (Å²) in [5.74, 6) is 0.849. The number of nitrogens with zero attached hydrogens (tertiary/aromatic N) is 2. The lowest BCUT2D eigenvalue weighted by Crippen LogP contribution is -2.00. The first-order valence-corrected chi connectivity index (χ1v) is 11.0. The molecular formula is C23H18BrClN2S. The zero-order chi connectivity index (χ0) is 19.5. The van der Waals surface area contributed by atoms with Crippen molar-refractivity contribution in [2.75, 3.05) is 0 Å². The Morgan fingerprint density at radius 2 is 1.68 bits per heavy atom. The van der Waals surface area contributed by atoms with Crippen molar-refractivity contribution in [1.29, 1.82) is 0 Å². The van der Waals surface area contributed by atoms with Gasteiger partial charge < -0.3 is 0 Å². The molecule has 1 heterocycles. The molecule has 4 aromatic rings. The van der Waals surface area contributed by atoms with E-state index in [2.05, 4.69) is 63.8 Å². The number of hydrogen-bond donors (Lipinski definition) is 0. The fourth-order valence-corrected chi connectivity index (χ4v) is 4.38. The van der Waals surface area contributed by atoms with Crippen molar-refractivity contribution in [3.63, 3.8) is 0 Å². The molecule has 2 nitrogen and oxygen atoms in total. The highest BCUT2D eigenvalue weighted by Crippen LogP contribution is 2.34. The molecule has 0 aliphatic carbocycles. The number of halogens is 2. The Hall–Kier alpha value is -2.01. The van der Waals surface area contributed by atoms with Crippen molar-refractivity contribution in [1.82, 2.24) is 9.55 Å². The fraction of sp³-hybridized carbons (Fsp3) is 0.0870. The lowest BCUT2D eigenvalue weighted by molar-refractivity contribution is 0.900. The maximum atomic E-state index is 6.54. The second-order valence-corrected chi connectivity index (χ2v) is 8.76. The van der Waals surface area contributed by atoms with Crippen LogP contribution < -0.4 is 0 Å². The van der Waals surface area contributed by atoms with Gasteiger partial charge in [-0.2, -0.15) is 0 Å². The van der Waals surface area contributed by atoms with Gasteiger partial charge in [0.05, 0.1) is 22.6 Å². The van der Waals surface area contributed by atoms with Gasteiger partial charge in [0.2, 0.25) is 0 Å². The molecule has 0 saturated carbocycles. The second kappa shape index (κ2) is 8.56. The van der Waals surface area contributed by atoms with E-state index in [-0.39, 0.29) is 0 Å². The van der Waals surface area contributed by atoms with Crippen molar-refractivity contribution < 1.29 is 0 Å². The van der Waals surface area contributed by atoms with Crippen LogP contribution >= 0.6 is 39.3 Å². The summed E-state index contributed by atoms with van der Waals surface area (Å²) >= 11 is 11.8. The van der Waals surface area contributed by atoms with Crippen LogP contribution in [0.2, 0.25) is 5.02 Å². The predicted molar refractivity (Wildman–Crippen MR) is 122 cm³/mol. The van der Waals surface area contributed by atoms with Gasteiger partial charge in [-0.3, -0.25) is 4.57 Å². The van der Waals surface area contributed by atoms with Crippen molar-refractivity contribution in [3.05, 3.63) is 99.6 Å². The SMILES string of the molecule is Cc1ccc(CSc2ncc(-c3ccc(Br)cc3)n2-c2ccccc2Cl)cc1. The number of rotatable bonds is 5. The van der Waals surface area contributed by atoms with Crippen LogP contribution in [-0.4, -0.2) is 9.55 Å². The largest absolute Gasteiger partial charge is 0.286 e. The number of imidazole rings is 1. The lowest BCUT2D eigenvalue weighted by atomic mass is 10.1. The van der Waals surface area contributed by atoms with Gasteiger partial charge in [-0.15, -0.1) is 0 Å². The summed E-state index contributed by atoms with van der Waals surface area (Å²) in [6.07, 6.45) is 1.92. The molecule has 0 radical (unpaired) electrons. The summed E-state index contributed by atoms with van der Waals surface area (Å²) < 4.78 is 3.19. The Kier molecular flexibility index (Phi) is 5.90. The molecule has 3 aromatic carbocycles. The Balaban J connectivity index is 1.75. The summed E-state index contributed by atoms with van der Waals surface area (Å²) in [4.78, 5) is 4.72. The lowest BCUT2D eigenvalue weighted by Gasteiger charge is -2.14. The summed E-state index contributed by atoms with van der Waals surface area (Å²) in [5, 5.41) is 1.63. The van der Waals surface area contributed by atoms with Crippen molar-refractivity contribution in [2.45, 2.75) is 17.8 Å². The third-order valence-corrected chi connectivity index (χ3v) is 6.32. The molecule has 140 valence electrons. The monoisotopic (exact) mass is 468 g/mol. The molecule has 0 fully saturated rings. The van der Waals surface area contributed by atoms with E-state index in [1.165, 1.54) is 11.1 Å². The molecule has 0 N–H and O–H groups in total. The predicted octanol–water partition coefficient (Wildman–Crippen LogP) is 7.56. The van der Waals surface area contributed by atoms with Gasteiger partial charge in [0.15, 0.2) is 5.16 Å². The van der Waals surface area contributed by atoms with E-state index in [9.17, 15) is 0 Å². The maximum Gasteiger partial charge on any atom is 0.173 e. The summed E-state index contributed by atoms with van der Waals surface area (Å²) in [7, 11) is 0. The van der Waals surface area contributed by atoms with E-state index in [4.69, 9.17) is 16.6 Å². The summed E-state index contributed by atoms with van der Waals surface area (Å²) in [5.41, 5.74) is 5.59. The number of benzene rings is 3. The Morgan fingerprint density at radius 1 is 0.964 bits per heavy atom. The smallest absolute Gasteiger partial charge is 0.173 e. The highest BCUT2D eigenvalue weighted by molar-refractivity contribution is 9.10. The maximum absolute atomic E-state index is 6.54. The summed E-state index contributed by atoms with van der Waals surface area (Å²) in [6.45, 7) is 2.10. The molecule has 0 atom stereocenters. The molecule has 0 unspecified atom stereocenters. The first kappa shape index (κ1) is 19.3. The van der Waals surface area contributed by atoms with E-state index in [1.54, 1.807) is 11.8 Å². The Labute approximate surface area is 182 Å². The van der Waals surface area contributed by atoms with Crippen LogP contribution in [0, 0.1) is 6.92 Å². The van der Waals surface area contributed by atoms with E-state index in [0.29, 0.717) is 5.02 Å². The highest BCUT2D eigenvalue weighted by atomic mass is 79.9. The van der Waals surface area contributed by atoms with Gasteiger partial charge in [0, 0.05) is 15.8 Å². The third kappa shape index (κ3) is 4.19. The molecule has 0 spiro atoms. The van der Waals surface area contributed by atoms with Crippen molar-refractivity contribution >= 4 is 39.3 Å². The van der Waals surface area contributed by atoms with Crippen LogP contribution in [0.4, 0.5) is 0 Å². The Morgan fingerprint density at radius 3 is 2.39 bits per heavy atom. The average molecular weight is 470 g/mol. The van der Waals surface area contributed by atoms with Crippen LogP contribution in [0.25, 0.3) is 16.9 Å². The number of thioether (sulfide) groups is 1. The molecule has 0 saturated heterocycles. The van der Waals surface area contributed by atoms with E-state index in [0.717, 1.165) is 32.3 Å². The first-order chi connectivity index (χ1) is 13.6. The number of hydrogen-bond acceptors (Lipinski definition) is 2. The van der Waals surface area contributed by atoms with Crippen LogP contribution in [0.5, 0.6) is 0 Å². The minimum absolute atomic E-state index is 0.705. The molecule has 4 rings (SSSR count). The zero-order valence-corrected chi connectivity index (χ0v) is 18.4. The standard InChI is InChI=1S/C23H18BrClN2S/c1-16-6-8-17(9-7-16)15-28-23-26-14-22(18-10-12-19(24)13-11-18)27(23)21-5-3-2-4-20(21)25/h2-14H,15H2,1H3. The van der Waals surface area contributed by atoms with Gasteiger partial charge in [0.25, 0.3) is 0 Å². The fourth-order valence-electron chi connectivity index (χ4n) is 2.96. The minimum atomic E-state index is 0.705. The average Bonchev–Trinajstić information content (AvgIpc) is 3.12. The van der Waals surface area contributed by atoms with Crippen LogP contribution in [0.15, 0.2) is 88.6 Å². The van der Waals surface area contributed by atoms with Crippen molar-refractivity contribution in [3.8, 4) is 16.9 Å². The topological polar surface area (TPSA) is 17.8 Å². The quantitative estimate of drug-likeness (QED) is 0.281. The number of aryl methyl sites for hydroxylation is 1. The molecule has 5 heteroatoms. The van der Waals surface area contributed by atoms with E-state index >= 15 is 0 Å².